The highest BCUT2D eigenvalue weighted by atomic mass is 16.3. The van der Waals surface area contributed by atoms with Crippen molar-refractivity contribution in [1.82, 2.24) is 10.3 Å². The van der Waals surface area contributed by atoms with Crippen LogP contribution in [0.3, 0.4) is 0 Å². The number of aromatic nitrogens is 1. The summed E-state index contributed by atoms with van der Waals surface area (Å²) in [5, 5.41) is 13.4. The molecule has 2 N–H and O–H groups in total. The summed E-state index contributed by atoms with van der Waals surface area (Å²) in [5.74, 6) is 0. The maximum atomic E-state index is 10.0. The van der Waals surface area contributed by atoms with E-state index in [1.54, 1.807) is 12.4 Å². The summed E-state index contributed by atoms with van der Waals surface area (Å²) in [6.45, 7) is 6.67. The summed E-state index contributed by atoms with van der Waals surface area (Å²) >= 11 is 0. The third-order valence-corrected chi connectivity index (χ3v) is 2.78. The Bertz CT molecular complexity index is 298. The second-order valence-electron chi connectivity index (χ2n) is 4.63. The van der Waals surface area contributed by atoms with Gasteiger partial charge in [0.15, 0.2) is 0 Å². The maximum absolute atomic E-state index is 10.0. The van der Waals surface area contributed by atoms with Gasteiger partial charge in [-0.05, 0) is 38.0 Å². The molecule has 1 aromatic rings. The van der Waals surface area contributed by atoms with Gasteiger partial charge in [0, 0.05) is 25.0 Å². The van der Waals surface area contributed by atoms with Crippen LogP contribution in [-0.4, -0.2) is 22.2 Å². The summed E-state index contributed by atoms with van der Waals surface area (Å²) in [6.07, 6.45) is 5.40. The zero-order valence-corrected chi connectivity index (χ0v) is 10.4. The molecule has 0 radical (unpaired) electrons. The Hall–Kier alpha value is -0.930. The minimum Gasteiger partial charge on any atom is -0.389 e. The van der Waals surface area contributed by atoms with Crippen molar-refractivity contribution >= 4 is 0 Å². The Kier molecular flexibility index (Phi) is 4.90. The second-order valence-corrected chi connectivity index (χ2v) is 4.63. The first-order valence-corrected chi connectivity index (χ1v) is 5.91. The summed E-state index contributed by atoms with van der Waals surface area (Å²) in [6, 6.07) is 4.23. The molecule has 0 saturated carbocycles. The van der Waals surface area contributed by atoms with Gasteiger partial charge in [-0.15, -0.1) is 0 Å². The Morgan fingerprint density at radius 3 is 2.62 bits per heavy atom. The molecule has 2 atom stereocenters. The molecule has 0 aliphatic heterocycles. The Balaban J connectivity index is 2.44. The first kappa shape index (κ1) is 13.1. The monoisotopic (exact) mass is 222 g/mol. The van der Waals surface area contributed by atoms with E-state index in [1.165, 1.54) is 5.56 Å². The largest absolute Gasteiger partial charge is 0.389 e. The number of aliphatic hydroxyl groups is 1. The molecule has 0 aromatic carbocycles. The van der Waals surface area contributed by atoms with Crippen molar-refractivity contribution in [2.24, 2.45) is 0 Å². The molecule has 0 bridgehead atoms. The SMILES string of the molecule is CCCC(C)(O)CNC(C)c1ccncc1. The van der Waals surface area contributed by atoms with Gasteiger partial charge < -0.3 is 10.4 Å². The van der Waals surface area contributed by atoms with Crippen molar-refractivity contribution in [1.29, 1.82) is 0 Å². The first-order valence-electron chi connectivity index (χ1n) is 5.91. The highest BCUT2D eigenvalue weighted by Crippen LogP contribution is 2.14. The molecule has 0 aliphatic rings. The molecule has 16 heavy (non-hydrogen) atoms. The van der Waals surface area contributed by atoms with Crippen molar-refractivity contribution in [2.75, 3.05) is 6.54 Å². The zero-order valence-electron chi connectivity index (χ0n) is 10.4. The second kappa shape index (κ2) is 5.97. The van der Waals surface area contributed by atoms with Gasteiger partial charge in [-0.1, -0.05) is 13.3 Å². The minimum atomic E-state index is -0.615. The number of hydrogen-bond donors (Lipinski definition) is 2. The van der Waals surface area contributed by atoms with Gasteiger partial charge in [-0.25, -0.2) is 0 Å². The third kappa shape index (κ3) is 4.29. The third-order valence-electron chi connectivity index (χ3n) is 2.78. The van der Waals surface area contributed by atoms with Gasteiger partial charge in [0.25, 0.3) is 0 Å². The highest BCUT2D eigenvalue weighted by Gasteiger charge is 2.19. The minimum absolute atomic E-state index is 0.242. The molecular weight excluding hydrogens is 200 g/mol. The van der Waals surface area contributed by atoms with Crippen LogP contribution in [0.5, 0.6) is 0 Å². The summed E-state index contributed by atoms with van der Waals surface area (Å²) in [7, 11) is 0. The quantitative estimate of drug-likeness (QED) is 0.776. The van der Waals surface area contributed by atoms with Crippen LogP contribution in [-0.2, 0) is 0 Å². The van der Waals surface area contributed by atoms with Crippen LogP contribution >= 0.6 is 0 Å². The Labute approximate surface area is 97.9 Å². The predicted molar refractivity (Wildman–Crippen MR) is 66.2 cm³/mol. The Morgan fingerprint density at radius 2 is 2.06 bits per heavy atom. The lowest BCUT2D eigenvalue weighted by Crippen LogP contribution is -2.38. The average molecular weight is 222 g/mol. The maximum Gasteiger partial charge on any atom is 0.0743 e. The molecule has 0 aliphatic carbocycles. The van der Waals surface area contributed by atoms with E-state index < -0.39 is 5.60 Å². The van der Waals surface area contributed by atoms with E-state index in [0.29, 0.717) is 6.54 Å². The van der Waals surface area contributed by atoms with Crippen molar-refractivity contribution < 1.29 is 5.11 Å². The lowest BCUT2D eigenvalue weighted by molar-refractivity contribution is 0.0477. The highest BCUT2D eigenvalue weighted by molar-refractivity contribution is 5.13. The predicted octanol–water partition coefficient (Wildman–Crippen LogP) is 2.28. The van der Waals surface area contributed by atoms with Gasteiger partial charge >= 0.3 is 0 Å². The van der Waals surface area contributed by atoms with Gasteiger partial charge in [0.2, 0.25) is 0 Å². The van der Waals surface area contributed by atoms with Gasteiger partial charge in [0.05, 0.1) is 5.60 Å². The van der Waals surface area contributed by atoms with Crippen LogP contribution in [0.4, 0.5) is 0 Å². The van der Waals surface area contributed by atoms with Crippen LogP contribution < -0.4 is 5.32 Å². The lowest BCUT2D eigenvalue weighted by atomic mass is 10.00. The summed E-state index contributed by atoms with van der Waals surface area (Å²) < 4.78 is 0. The molecule has 0 spiro atoms. The number of nitrogens with zero attached hydrogens (tertiary/aromatic N) is 1. The fourth-order valence-corrected chi connectivity index (χ4v) is 1.77. The van der Waals surface area contributed by atoms with Crippen molar-refractivity contribution in [3.63, 3.8) is 0 Å². The van der Waals surface area contributed by atoms with Crippen LogP contribution in [0.15, 0.2) is 24.5 Å². The standard InChI is InChI=1S/C13H22N2O/c1-4-7-13(3,16)10-15-11(2)12-5-8-14-9-6-12/h5-6,8-9,11,15-16H,4,7,10H2,1-3H3. The smallest absolute Gasteiger partial charge is 0.0743 e. The lowest BCUT2D eigenvalue weighted by Gasteiger charge is -2.25. The van der Waals surface area contributed by atoms with Gasteiger partial charge in [0.1, 0.15) is 0 Å². The van der Waals surface area contributed by atoms with Crippen LogP contribution in [0.25, 0.3) is 0 Å². The summed E-state index contributed by atoms with van der Waals surface area (Å²) in [5.41, 5.74) is 0.582. The average Bonchev–Trinajstić information content (AvgIpc) is 2.27. The number of hydrogen-bond acceptors (Lipinski definition) is 3. The normalized spacial score (nSPS) is 16.8. The van der Waals surface area contributed by atoms with Crippen molar-refractivity contribution in [3.05, 3.63) is 30.1 Å². The van der Waals surface area contributed by atoms with Crippen LogP contribution in [0.1, 0.15) is 45.2 Å². The fraction of sp³-hybridized carbons (Fsp3) is 0.615. The van der Waals surface area contributed by atoms with Crippen LogP contribution in [0.2, 0.25) is 0 Å². The number of pyridine rings is 1. The van der Waals surface area contributed by atoms with Crippen LogP contribution in [0, 0.1) is 0 Å². The first-order chi connectivity index (χ1) is 7.55. The molecule has 1 heterocycles. The van der Waals surface area contributed by atoms with E-state index in [2.05, 4.69) is 24.1 Å². The van der Waals surface area contributed by atoms with Gasteiger partial charge in [-0.2, -0.15) is 0 Å². The Morgan fingerprint density at radius 1 is 1.44 bits per heavy atom. The van der Waals surface area contributed by atoms with E-state index in [9.17, 15) is 5.11 Å². The van der Waals surface area contributed by atoms with E-state index >= 15 is 0 Å². The van der Waals surface area contributed by atoms with Crippen molar-refractivity contribution in [2.45, 2.75) is 45.3 Å². The van der Waals surface area contributed by atoms with E-state index in [-0.39, 0.29) is 6.04 Å². The molecule has 1 aromatic heterocycles. The topological polar surface area (TPSA) is 45.1 Å². The number of rotatable bonds is 6. The zero-order chi connectivity index (χ0) is 12.0. The molecule has 0 fully saturated rings. The van der Waals surface area contributed by atoms with E-state index in [4.69, 9.17) is 0 Å². The molecule has 90 valence electrons. The molecule has 2 unspecified atom stereocenters. The molecular formula is C13H22N2O. The summed E-state index contributed by atoms with van der Waals surface area (Å²) in [4.78, 5) is 3.99. The molecule has 3 heteroatoms. The van der Waals surface area contributed by atoms with E-state index in [1.807, 2.05) is 19.1 Å². The van der Waals surface area contributed by atoms with Crippen molar-refractivity contribution in [3.8, 4) is 0 Å². The molecule has 3 nitrogen and oxygen atoms in total. The van der Waals surface area contributed by atoms with Gasteiger partial charge in [-0.3, -0.25) is 4.98 Å². The number of nitrogens with one attached hydrogen (secondary N) is 1. The fourth-order valence-electron chi connectivity index (χ4n) is 1.77. The molecule has 0 saturated heterocycles. The molecule has 1 rings (SSSR count). The van der Waals surface area contributed by atoms with E-state index in [0.717, 1.165) is 12.8 Å². The molecule has 0 amide bonds.